The maximum absolute atomic E-state index is 12.8. The van der Waals surface area contributed by atoms with Gasteiger partial charge in [0.05, 0.1) is 0 Å². The topological polar surface area (TPSA) is 0 Å². The molecule has 1 unspecified atom stereocenters. The predicted octanol–water partition coefficient (Wildman–Crippen LogP) is 11.3. The van der Waals surface area contributed by atoms with Crippen LogP contribution in [-0.4, -0.2) is 3.21 Å². The third kappa shape index (κ3) is 6.58. The minimum atomic E-state index is -0.244. The van der Waals surface area contributed by atoms with E-state index in [0.717, 1.165) is 14.3 Å². The fraction of sp³-hybridized carbons (Fsp3) is 0.209. The van der Waals surface area contributed by atoms with Crippen molar-refractivity contribution in [2.45, 2.75) is 52.4 Å². The average molecular weight is 684 g/mol. The van der Waals surface area contributed by atoms with E-state index in [2.05, 4.69) is 108 Å². The van der Waals surface area contributed by atoms with Gasteiger partial charge in [0.2, 0.25) is 0 Å². The Labute approximate surface area is 286 Å². The van der Waals surface area contributed by atoms with Gasteiger partial charge in [-0.2, -0.15) is 6.08 Å². The van der Waals surface area contributed by atoms with Crippen LogP contribution in [0.15, 0.2) is 109 Å². The van der Waals surface area contributed by atoms with Crippen LogP contribution in [-0.2, 0) is 35.1 Å². The molecule has 46 heavy (non-hydrogen) atoms. The third-order valence-electron chi connectivity index (χ3n) is 9.14. The molecule has 0 heterocycles. The van der Waals surface area contributed by atoms with Crippen molar-refractivity contribution in [3.05, 3.63) is 160 Å². The summed E-state index contributed by atoms with van der Waals surface area (Å²) >= 11 is 1.22. The Morgan fingerprint density at radius 1 is 0.717 bits per heavy atom. The Bertz CT molecular complexity index is 1950. The van der Waals surface area contributed by atoms with Gasteiger partial charge in [-0.05, 0) is 11.1 Å². The van der Waals surface area contributed by atoms with Crippen LogP contribution < -0.4 is 0 Å². The van der Waals surface area contributed by atoms with Crippen LogP contribution in [0.3, 0.4) is 0 Å². The molecule has 0 saturated carbocycles. The summed E-state index contributed by atoms with van der Waals surface area (Å²) in [6.07, 6.45) is 16.6. The summed E-state index contributed by atoms with van der Waals surface area (Å²) in [6.45, 7) is 13.4. The van der Waals surface area contributed by atoms with E-state index in [-0.39, 0.29) is 22.5 Å². The van der Waals surface area contributed by atoms with Crippen molar-refractivity contribution in [2.24, 2.45) is 5.92 Å². The van der Waals surface area contributed by atoms with Gasteiger partial charge >= 0.3 is 108 Å². The SMILES string of the molecule is CC1(C)C=Cc2cc3c(cc21)[cH-]c1cc2c(cc13)C=CC2(C)C.CC1=CC(C)[C-]=C1.Fc1ccc([C](=[Zr+2])c2ccc(F)cc2)cc1. The number of benzene rings is 4. The molecule has 3 heteroatoms. The Morgan fingerprint density at radius 2 is 1.15 bits per heavy atom. The molecule has 0 saturated heterocycles. The second-order valence-corrected chi connectivity index (χ2v) is 14.9. The molecule has 3 aliphatic carbocycles. The normalized spacial score (nSPS) is 17.7. The maximum atomic E-state index is 12.8. The van der Waals surface area contributed by atoms with Crippen LogP contribution in [0.5, 0.6) is 0 Å². The van der Waals surface area contributed by atoms with Gasteiger partial charge in [0.1, 0.15) is 0 Å². The second kappa shape index (κ2) is 12.5. The predicted molar refractivity (Wildman–Crippen MR) is 188 cm³/mol. The summed E-state index contributed by atoms with van der Waals surface area (Å²) in [4.78, 5) is 0. The van der Waals surface area contributed by atoms with E-state index in [4.69, 9.17) is 0 Å². The van der Waals surface area contributed by atoms with Gasteiger partial charge in [-0.15, -0.1) is 46.7 Å². The molecule has 0 bridgehead atoms. The molecule has 0 fully saturated rings. The van der Waals surface area contributed by atoms with Gasteiger partial charge in [0, 0.05) is 10.8 Å². The first-order chi connectivity index (χ1) is 21.8. The van der Waals surface area contributed by atoms with E-state index in [1.54, 1.807) is 24.3 Å². The van der Waals surface area contributed by atoms with E-state index in [1.165, 1.54) is 97.9 Å². The zero-order valence-electron chi connectivity index (χ0n) is 27.3. The van der Waals surface area contributed by atoms with Crippen LogP contribution in [0.1, 0.15) is 74.9 Å². The Morgan fingerprint density at radius 3 is 1.50 bits per heavy atom. The molecular weight excluding hydrogens is 646 g/mol. The van der Waals surface area contributed by atoms with E-state index in [1.807, 2.05) is 6.08 Å². The van der Waals surface area contributed by atoms with E-state index < -0.39 is 0 Å². The standard InChI is InChI=1S/C23H21.C13H8F2.C7H9.Zr/c1-22(2)7-5-14-10-18-16(12-20(14)22)9-17-13-21-15(11-19(17)18)6-8-23(21,3)4;14-12-5-1-10(2-6-12)9-11-3-7-13(15)8-4-11;1-6-3-4-7(2)5-6;/h5-13H,1-4H3;1-8H;3,5,7H,1-2H3;/q-1;;-1;+2. The summed E-state index contributed by atoms with van der Waals surface area (Å²) in [5.41, 5.74) is 9.27. The van der Waals surface area contributed by atoms with E-state index in [0.29, 0.717) is 5.92 Å². The van der Waals surface area contributed by atoms with Crippen LogP contribution in [0.2, 0.25) is 0 Å². The first-order valence-electron chi connectivity index (χ1n) is 15.8. The van der Waals surface area contributed by atoms with Gasteiger partial charge in [0.15, 0.2) is 0 Å². The molecule has 1 atom stereocenters. The molecule has 0 aliphatic heterocycles. The molecule has 0 N–H and O–H groups in total. The fourth-order valence-electron chi connectivity index (χ4n) is 6.46. The Kier molecular flexibility index (Phi) is 8.77. The molecule has 5 aromatic carbocycles. The number of allylic oxidation sites excluding steroid dienone is 6. The molecule has 5 aromatic rings. The molecule has 0 spiro atoms. The van der Waals surface area contributed by atoms with Crippen LogP contribution in [0, 0.1) is 23.6 Å². The summed E-state index contributed by atoms with van der Waals surface area (Å²) in [7, 11) is 0. The second-order valence-electron chi connectivity index (χ2n) is 13.7. The summed E-state index contributed by atoms with van der Waals surface area (Å²) < 4.78 is 26.6. The molecule has 3 aliphatic rings. The molecule has 0 nitrogen and oxygen atoms in total. The van der Waals surface area contributed by atoms with E-state index in [9.17, 15) is 8.78 Å². The van der Waals surface area contributed by atoms with Crippen molar-refractivity contribution in [1.82, 2.24) is 0 Å². The number of hydrogen-bond donors (Lipinski definition) is 0. The van der Waals surface area contributed by atoms with Crippen LogP contribution >= 0.6 is 0 Å². The fourth-order valence-corrected chi connectivity index (χ4v) is 7.28. The van der Waals surface area contributed by atoms with Crippen molar-refractivity contribution in [3.63, 3.8) is 0 Å². The first-order valence-corrected chi connectivity index (χ1v) is 17.0. The number of fused-ring (bicyclic) bond motifs is 5. The van der Waals surface area contributed by atoms with Gasteiger partial charge < -0.3 is 0 Å². The monoisotopic (exact) mass is 682 g/mol. The number of rotatable bonds is 2. The van der Waals surface area contributed by atoms with E-state index >= 15 is 0 Å². The zero-order chi connectivity index (χ0) is 32.8. The number of halogens is 2. The van der Waals surface area contributed by atoms with Crippen molar-refractivity contribution in [2.75, 3.05) is 0 Å². The van der Waals surface area contributed by atoms with Gasteiger partial charge in [-0.1, -0.05) is 88.1 Å². The number of hydrogen-bond acceptors (Lipinski definition) is 0. The molecule has 0 radical (unpaired) electrons. The van der Waals surface area contributed by atoms with Crippen molar-refractivity contribution in [3.8, 4) is 0 Å². The molecular formula is C43H38F2Zr. The average Bonchev–Trinajstić information content (AvgIpc) is 3.75. The van der Waals surface area contributed by atoms with Crippen LogP contribution in [0.25, 0.3) is 33.7 Å². The summed E-state index contributed by atoms with van der Waals surface area (Å²) in [5.74, 6) is 0.0675. The van der Waals surface area contributed by atoms with Crippen LogP contribution in [0.4, 0.5) is 8.78 Å². The molecule has 0 aromatic heterocycles. The van der Waals surface area contributed by atoms with Crippen molar-refractivity contribution in [1.29, 1.82) is 0 Å². The van der Waals surface area contributed by atoms with Gasteiger partial charge in [-0.3, -0.25) is 6.08 Å². The molecule has 8 rings (SSSR count). The zero-order valence-corrected chi connectivity index (χ0v) is 29.8. The summed E-state index contributed by atoms with van der Waals surface area (Å²) in [6, 6.07) is 24.6. The summed E-state index contributed by atoms with van der Waals surface area (Å²) in [5, 5.41) is 5.53. The first kappa shape index (κ1) is 32.3. The Hall–Kier alpha value is -3.68. The van der Waals surface area contributed by atoms with Crippen molar-refractivity contribution < 1.29 is 33.0 Å². The molecule has 228 valence electrons. The van der Waals surface area contributed by atoms with Crippen molar-refractivity contribution >= 4 is 36.9 Å². The Balaban J connectivity index is 0.000000140. The van der Waals surface area contributed by atoms with Gasteiger partial charge in [0.25, 0.3) is 0 Å². The van der Waals surface area contributed by atoms with Gasteiger partial charge in [-0.25, -0.2) is 11.6 Å². The minimum absolute atomic E-state index is 0.152. The quantitative estimate of drug-likeness (QED) is 0.163. The molecule has 0 amide bonds. The third-order valence-corrected chi connectivity index (χ3v) is 10.6.